The van der Waals surface area contributed by atoms with Crippen molar-refractivity contribution < 1.29 is 9.59 Å². The molecule has 0 saturated heterocycles. The second-order valence-corrected chi connectivity index (χ2v) is 9.84. The van der Waals surface area contributed by atoms with Gasteiger partial charge in [0.1, 0.15) is 0 Å². The zero-order valence-electron chi connectivity index (χ0n) is 17.2. The predicted octanol–water partition coefficient (Wildman–Crippen LogP) is 5.74. The van der Waals surface area contributed by atoms with E-state index in [0.29, 0.717) is 0 Å². The van der Waals surface area contributed by atoms with E-state index in [4.69, 9.17) is 0 Å². The molecule has 2 heteroatoms. The third-order valence-corrected chi connectivity index (χ3v) is 6.83. The average Bonchev–Trinajstić information content (AvgIpc) is 2.94. The van der Waals surface area contributed by atoms with E-state index in [1.165, 1.54) is 22.3 Å². The molecule has 0 saturated carbocycles. The molecule has 0 unspecified atom stereocenters. The summed E-state index contributed by atoms with van der Waals surface area (Å²) in [6, 6.07) is 12.5. The van der Waals surface area contributed by atoms with Gasteiger partial charge in [0.25, 0.3) is 0 Å². The molecule has 0 aliphatic heterocycles. The van der Waals surface area contributed by atoms with Gasteiger partial charge in [-0.1, -0.05) is 52.0 Å². The molecule has 0 N–H and O–H groups in total. The number of carbonyl (C=O) groups is 2. The van der Waals surface area contributed by atoms with Gasteiger partial charge in [0.15, 0.2) is 11.6 Å². The number of hydrogen-bond acceptors (Lipinski definition) is 2. The minimum absolute atomic E-state index is 0.0363. The monoisotopic (exact) mass is 360 g/mol. The Labute approximate surface area is 162 Å². The number of rotatable bonds is 2. The van der Waals surface area contributed by atoms with E-state index in [-0.39, 0.29) is 27.8 Å². The van der Waals surface area contributed by atoms with Gasteiger partial charge in [0.2, 0.25) is 0 Å². The molecule has 0 atom stereocenters. The molecule has 0 fully saturated rings. The molecule has 0 bridgehead atoms. The summed E-state index contributed by atoms with van der Waals surface area (Å²) in [5, 5.41) is 0. The number of carbonyl (C=O) groups excluding carboxylic acids is 2. The van der Waals surface area contributed by atoms with E-state index >= 15 is 0 Å². The molecular weight excluding hydrogens is 332 g/mol. The molecule has 0 radical (unpaired) electrons. The highest BCUT2D eigenvalue weighted by Crippen LogP contribution is 2.62. The van der Waals surface area contributed by atoms with Crippen molar-refractivity contribution in [1.29, 1.82) is 0 Å². The number of hydrogen-bond donors (Lipinski definition) is 0. The van der Waals surface area contributed by atoms with Gasteiger partial charge in [-0.15, -0.1) is 0 Å². The SMILES string of the molecule is CC(=O)c1ccc2c(c1)C1(CC2(C)C)CC(C)(C)c2ccc(C(C)=O)cc21. The molecule has 0 heterocycles. The van der Waals surface area contributed by atoms with Crippen LogP contribution in [-0.4, -0.2) is 11.6 Å². The lowest BCUT2D eigenvalue weighted by molar-refractivity contribution is 0.100. The predicted molar refractivity (Wildman–Crippen MR) is 109 cm³/mol. The van der Waals surface area contributed by atoms with Crippen LogP contribution in [0.2, 0.25) is 0 Å². The van der Waals surface area contributed by atoms with E-state index in [1.807, 2.05) is 12.1 Å². The smallest absolute Gasteiger partial charge is 0.159 e. The highest BCUT2D eigenvalue weighted by atomic mass is 16.1. The molecule has 0 aromatic heterocycles. The van der Waals surface area contributed by atoms with Crippen LogP contribution in [-0.2, 0) is 16.2 Å². The highest BCUT2D eigenvalue weighted by Gasteiger charge is 2.56. The Hall–Kier alpha value is -2.22. The van der Waals surface area contributed by atoms with Crippen LogP contribution in [0.15, 0.2) is 36.4 Å². The van der Waals surface area contributed by atoms with Crippen molar-refractivity contribution in [2.75, 3.05) is 0 Å². The van der Waals surface area contributed by atoms with Crippen LogP contribution in [0.1, 0.15) is 97.4 Å². The quantitative estimate of drug-likeness (QED) is 0.640. The molecule has 4 rings (SSSR count). The Morgan fingerprint density at radius 2 is 1.04 bits per heavy atom. The van der Waals surface area contributed by atoms with Gasteiger partial charge in [0.05, 0.1) is 0 Å². The average molecular weight is 360 g/mol. The summed E-state index contributed by atoms with van der Waals surface area (Å²) in [7, 11) is 0. The van der Waals surface area contributed by atoms with Crippen LogP contribution in [0.5, 0.6) is 0 Å². The summed E-state index contributed by atoms with van der Waals surface area (Å²) in [4.78, 5) is 24.2. The van der Waals surface area contributed by atoms with Gasteiger partial charge in [-0.2, -0.15) is 0 Å². The Morgan fingerprint density at radius 1 is 0.667 bits per heavy atom. The summed E-state index contributed by atoms with van der Waals surface area (Å²) >= 11 is 0. The standard InChI is InChI=1S/C25H28O2/c1-15(26)17-7-9-19-21(11-17)25(13-23(19,3)4)14-24(5,6)20-10-8-18(16(2)27)12-22(20)25/h7-12H,13-14H2,1-6H3. The van der Waals surface area contributed by atoms with Gasteiger partial charge in [-0.25, -0.2) is 0 Å². The fraction of sp³-hybridized carbons (Fsp3) is 0.440. The first-order chi connectivity index (χ1) is 12.5. The molecule has 0 amide bonds. The molecule has 2 nitrogen and oxygen atoms in total. The van der Waals surface area contributed by atoms with Crippen molar-refractivity contribution in [3.63, 3.8) is 0 Å². The van der Waals surface area contributed by atoms with E-state index in [1.54, 1.807) is 13.8 Å². The van der Waals surface area contributed by atoms with Crippen LogP contribution >= 0.6 is 0 Å². The topological polar surface area (TPSA) is 34.1 Å². The maximum absolute atomic E-state index is 12.1. The third kappa shape index (κ3) is 2.46. The maximum atomic E-state index is 12.1. The zero-order chi connectivity index (χ0) is 19.8. The van der Waals surface area contributed by atoms with Crippen LogP contribution in [0.4, 0.5) is 0 Å². The second kappa shape index (κ2) is 5.41. The Morgan fingerprint density at radius 3 is 1.37 bits per heavy atom. The van der Waals surface area contributed by atoms with Gasteiger partial charge >= 0.3 is 0 Å². The van der Waals surface area contributed by atoms with Gasteiger partial charge in [-0.05, 0) is 71.9 Å². The molecular formula is C25H28O2. The van der Waals surface area contributed by atoms with E-state index in [2.05, 4.69) is 52.0 Å². The molecule has 140 valence electrons. The zero-order valence-corrected chi connectivity index (χ0v) is 17.2. The number of ketones is 2. The van der Waals surface area contributed by atoms with Crippen molar-refractivity contribution in [3.8, 4) is 0 Å². The number of Topliss-reactive ketones (excluding diaryl/α,β-unsaturated/α-hetero) is 2. The fourth-order valence-corrected chi connectivity index (χ4v) is 5.79. The minimum Gasteiger partial charge on any atom is -0.295 e. The van der Waals surface area contributed by atoms with Crippen LogP contribution in [0.25, 0.3) is 0 Å². The van der Waals surface area contributed by atoms with Crippen molar-refractivity contribution in [1.82, 2.24) is 0 Å². The van der Waals surface area contributed by atoms with Crippen molar-refractivity contribution in [2.45, 2.75) is 70.6 Å². The molecule has 2 aliphatic rings. The van der Waals surface area contributed by atoms with Gasteiger partial charge in [0, 0.05) is 16.5 Å². The summed E-state index contributed by atoms with van der Waals surface area (Å²) in [5.41, 5.74) is 6.74. The maximum Gasteiger partial charge on any atom is 0.159 e. The lowest BCUT2D eigenvalue weighted by Gasteiger charge is -2.30. The van der Waals surface area contributed by atoms with Crippen LogP contribution in [0, 0.1) is 0 Å². The molecule has 2 aromatic carbocycles. The van der Waals surface area contributed by atoms with E-state index in [9.17, 15) is 9.59 Å². The molecule has 27 heavy (non-hydrogen) atoms. The second-order valence-electron chi connectivity index (χ2n) is 9.84. The van der Waals surface area contributed by atoms with Gasteiger partial charge < -0.3 is 0 Å². The minimum atomic E-state index is -0.130. The largest absolute Gasteiger partial charge is 0.295 e. The number of benzene rings is 2. The first-order valence-corrected chi connectivity index (χ1v) is 9.80. The normalized spacial score (nSPS) is 20.4. The summed E-state index contributed by atoms with van der Waals surface area (Å²) in [6.45, 7) is 12.5. The van der Waals surface area contributed by atoms with Crippen molar-refractivity contribution in [2.24, 2.45) is 0 Å². The van der Waals surface area contributed by atoms with Gasteiger partial charge in [-0.3, -0.25) is 9.59 Å². The lowest BCUT2D eigenvalue weighted by atomic mass is 9.72. The fourth-order valence-electron chi connectivity index (χ4n) is 5.79. The third-order valence-electron chi connectivity index (χ3n) is 6.83. The lowest BCUT2D eigenvalue weighted by Crippen LogP contribution is -2.27. The van der Waals surface area contributed by atoms with Crippen LogP contribution < -0.4 is 0 Å². The van der Waals surface area contributed by atoms with Crippen molar-refractivity contribution in [3.05, 3.63) is 69.8 Å². The molecule has 2 aliphatic carbocycles. The molecule has 2 aromatic rings. The number of fused-ring (bicyclic) bond motifs is 4. The Bertz CT molecular complexity index is 910. The van der Waals surface area contributed by atoms with Crippen molar-refractivity contribution >= 4 is 11.6 Å². The van der Waals surface area contributed by atoms with E-state index < -0.39 is 0 Å². The first kappa shape index (κ1) is 18.2. The summed E-state index contributed by atoms with van der Waals surface area (Å²) in [6.07, 6.45) is 2.02. The Balaban J connectivity index is 2.04. The molecule has 1 spiro atoms. The summed E-state index contributed by atoms with van der Waals surface area (Å²) < 4.78 is 0. The Kier molecular flexibility index (Phi) is 3.64. The van der Waals surface area contributed by atoms with Crippen LogP contribution in [0.3, 0.4) is 0 Å². The highest BCUT2D eigenvalue weighted by molar-refractivity contribution is 5.95. The van der Waals surface area contributed by atoms with E-state index in [0.717, 1.165) is 24.0 Å². The summed E-state index contributed by atoms with van der Waals surface area (Å²) in [5.74, 6) is 0.209. The first-order valence-electron chi connectivity index (χ1n) is 9.80.